The van der Waals surface area contributed by atoms with Gasteiger partial charge < -0.3 is 10.2 Å². The Morgan fingerprint density at radius 1 is 0.966 bits per heavy atom. The normalized spacial score (nSPS) is 24.8. The van der Waals surface area contributed by atoms with Crippen LogP contribution < -0.4 is 5.32 Å². The van der Waals surface area contributed by atoms with Crippen LogP contribution in [0.2, 0.25) is 15.1 Å². The summed E-state index contributed by atoms with van der Waals surface area (Å²) < 4.78 is 0. The number of halogens is 3. The van der Waals surface area contributed by atoms with Gasteiger partial charge in [-0.1, -0.05) is 59.9 Å². The molecule has 1 saturated carbocycles. The van der Waals surface area contributed by atoms with Crippen LogP contribution >= 0.6 is 34.8 Å². The number of benzene rings is 2. The fourth-order valence-corrected chi connectivity index (χ4v) is 5.38. The molecule has 0 spiro atoms. The molecule has 2 aromatic carbocycles. The van der Waals surface area contributed by atoms with Gasteiger partial charge in [0, 0.05) is 28.2 Å². The maximum Gasteiger partial charge on any atom is 0.0455 e. The van der Waals surface area contributed by atoms with Gasteiger partial charge in [-0.15, -0.1) is 0 Å². The molecule has 0 bridgehead atoms. The highest BCUT2D eigenvalue weighted by Gasteiger charge is 2.39. The van der Waals surface area contributed by atoms with Crippen molar-refractivity contribution in [1.29, 1.82) is 0 Å². The minimum Gasteiger partial charge on any atom is -0.315 e. The molecule has 4 atom stereocenters. The number of nitrogens with one attached hydrogen (secondary N) is 1. The van der Waals surface area contributed by atoms with E-state index < -0.39 is 0 Å². The van der Waals surface area contributed by atoms with E-state index in [-0.39, 0.29) is 0 Å². The standard InChI is InChI=1S/C24H31Cl3N2/c1-16-4-10-21(20-11-9-19(26)14-23(20)27)24(17-5-7-18(25)8-6-17)22(16)15-28-12-13-29(2)3/h5-9,11,14,16,21-22,24,28H,4,10,12-13,15H2,1-3H3. The Labute approximate surface area is 190 Å². The van der Waals surface area contributed by atoms with E-state index in [1.54, 1.807) is 0 Å². The second kappa shape index (κ2) is 10.5. The molecule has 1 aliphatic carbocycles. The first-order chi connectivity index (χ1) is 13.9. The Kier molecular flexibility index (Phi) is 8.30. The zero-order valence-electron chi connectivity index (χ0n) is 17.5. The maximum atomic E-state index is 6.66. The zero-order chi connectivity index (χ0) is 21.0. The summed E-state index contributed by atoms with van der Waals surface area (Å²) >= 11 is 19.0. The number of likely N-dealkylation sites (N-methyl/N-ethyl adjacent to an activating group) is 1. The predicted molar refractivity (Wildman–Crippen MR) is 127 cm³/mol. The quantitative estimate of drug-likeness (QED) is 0.468. The van der Waals surface area contributed by atoms with E-state index in [2.05, 4.69) is 49.4 Å². The van der Waals surface area contributed by atoms with E-state index >= 15 is 0 Å². The average molecular weight is 454 g/mol. The number of rotatable bonds is 7. The van der Waals surface area contributed by atoms with E-state index in [1.807, 2.05) is 24.3 Å². The Balaban J connectivity index is 1.92. The number of hydrogen-bond donors (Lipinski definition) is 1. The van der Waals surface area contributed by atoms with E-state index in [0.717, 1.165) is 36.1 Å². The first-order valence-electron chi connectivity index (χ1n) is 10.4. The lowest BCUT2D eigenvalue weighted by Gasteiger charge is -2.43. The third-order valence-electron chi connectivity index (χ3n) is 6.29. The van der Waals surface area contributed by atoms with Crippen LogP contribution in [0.5, 0.6) is 0 Å². The fourth-order valence-electron chi connectivity index (χ4n) is 4.70. The molecule has 2 nitrogen and oxygen atoms in total. The van der Waals surface area contributed by atoms with Crippen LogP contribution in [-0.4, -0.2) is 38.6 Å². The van der Waals surface area contributed by atoms with Crippen molar-refractivity contribution in [2.75, 3.05) is 33.7 Å². The fraction of sp³-hybridized carbons (Fsp3) is 0.500. The van der Waals surface area contributed by atoms with Gasteiger partial charge in [0.05, 0.1) is 0 Å². The Morgan fingerprint density at radius 3 is 2.31 bits per heavy atom. The highest BCUT2D eigenvalue weighted by Crippen LogP contribution is 2.51. The molecule has 0 amide bonds. The summed E-state index contributed by atoms with van der Waals surface area (Å²) in [7, 11) is 4.22. The molecule has 0 heterocycles. The second-order valence-corrected chi connectivity index (χ2v) is 9.86. The van der Waals surface area contributed by atoms with Gasteiger partial charge in [-0.05, 0) is 92.5 Å². The van der Waals surface area contributed by atoms with Gasteiger partial charge in [-0.2, -0.15) is 0 Å². The van der Waals surface area contributed by atoms with E-state index in [9.17, 15) is 0 Å². The van der Waals surface area contributed by atoms with Crippen molar-refractivity contribution < 1.29 is 0 Å². The third kappa shape index (κ3) is 5.89. The summed E-state index contributed by atoms with van der Waals surface area (Å²) in [5.74, 6) is 1.94. The second-order valence-electron chi connectivity index (χ2n) is 8.58. The van der Waals surface area contributed by atoms with E-state index in [4.69, 9.17) is 34.8 Å². The smallest absolute Gasteiger partial charge is 0.0455 e. The van der Waals surface area contributed by atoms with Gasteiger partial charge in [0.15, 0.2) is 0 Å². The summed E-state index contributed by atoms with van der Waals surface area (Å²) in [5.41, 5.74) is 2.55. The first kappa shape index (κ1) is 22.9. The zero-order valence-corrected chi connectivity index (χ0v) is 19.7. The molecule has 158 valence electrons. The average Bonchev–Trinajstić information content (AvgIpc) is 2.67. The minimum absolute atomic E-state index is 0.373. The van der Waals surface area contributed by atoms with Crippen molar-refractivity contribution >= 4 is 34.8 Å². The molecule has 3 rings (SSSR count). The highest BCUT2D eigenvalue weighted by molar-refractivity contribution is 6.35. The minimum atomic E-state index is 0.373. The van der Waals surface area contributed by atoms with Gasteiger partial charge in [-0.3, -0.25) is 0 Å². The largest absolute Gasteiger partial charge is 0.315 e. The van der Waals surface area contributed by atoms with Crippen molar-refractivity contribution in [1.82, 2.24) is 10.2 Å². The van der Waals surface area contributed by atoms with Crippen LogP contribution in [-0.2, 0) is 0 Å². The Bertz CT molecular complexity index is 791. The van der Waals surface area contributed by atoms with Gasteiger partial charge in [0.2, 0.25) is 0 Å². The highest BCUT2D eigenvalue weighted by atomic mass is 35.5. The Hall–Kier alpha value is -0.770. The van der Waals surface area contributed by atoms with Crippen LogP contribution in [0.15, 0.2) is 42.5 Å². The summed E-state index contributed by atoms with van der Waals surface area (Å²) in [6.45, 7) is 5.43. The van der Waals surface area contributed by atoms with Crippen LogP contribution in [0.1, 0.15) is 42.7 Å². The van der Waals surface area contributed by atoms with Crippen molar-refractivity contribution in [3.8, 4) is 0 Å². The topological polar surface area (TPSA) is 15.3 Å². The van der Waals surface area contributed by atoms with Crippen molar-refractivity contribution in [2.45, 2.75) is 31.6 Å². The molecule has 0 aromatic heterocycles. The molecule has 0 saturated heterocycles. The molecule has 1 fully saturated rings. The lowest BCUT2D eigenvalue weighted by atomic mass is 9.62. The van der Waals surface area contributed by atoms with Crippen LogP contribution in [0, 0.1) is 11.8 Å². The van der Waals surface area contributed by atoms with Gasteiger partial charge in [-0.25, -0.2) is 0 Å². The van der Waals surface area contributed by atoms with Crippen molar-refractivity contribution in [3.05, 3.63) is 68.7 Å². The molecule has 5 heteroatoms. The molecular weight excluding hydrogens is 423 g/mol. The lowest BCUT2D eigenvalue weighted by Crippen LogP contribution is -2.39. The van der Waals surface area contributed by atoms with Gasteiger partial charge in [0.25, 0.3) is 0 Å². The third-order valence-corrected chi connectivity index (χ3v) is 7.11. The molecular formula is C24H31Cl3N2. The van der Waals surface area contributed by atoms with Crippen molar-refractivity contribution in [3.63, 3.8) is 0 Å². The van der Waals surface area contributed by atoms with Gasteiger partial charge in [0.1, 0.15) is 0 Å². The molecule has 0 aliphatic heterocycles. The predicted octanol–water partition coefficient (Wildman–Crippen LogP) is 6.71. The SMILES string of the molecule is CC1CCC(c2ccc(Cl)cc2Cl)C(c2ccc(Cl)cc2)C1CNCCN(C)C. The summed E-state index contributed by atoms with van der Waals surface area (Å²) in [5, 5.41) is 5.94. The maximum absolute atomic E-state index is 6.66. The van der Waals surface area contributed by atoms with Crippen LogP contribution in [0.4, 0.5) is 0 Å². The van der Waals surface area contributed by atoms with Crippen molar-refractivity contribution in [2.24, 2.45) is 11.8 Å². The summed E-state index contributed by atoms with van der Waals surface area (Å²) in [6, 6.07) is 14.3. The monoisotopic (exact) mass is 452 g/mol. The van der Waals surface area contributed by atoms with Crippen LogP contribution in [0.25, 0.3) is 0 Å². The molecule has 1 aliphatic rings. The Morgan fingerprint density at radius 2 is 1.66 bits per heavy atom. The van der Waals surface area contributed by atoms with Crippen LogP contribution in [0.3, 0.4) is 0 Å². The number of nitrogens with zero attached hydrogens (tertiary/aromatic N) is 1. The summed E-state index contributed by atoms with van der Waals surface area (Å²) in [6.07, 6.45) is 2.33. The number of hydrogen-bond acceptors (Lipinski definition) is 2. The van der Waals surface area contributed by atoms with E-state index in [0.29, 0.717) is 28.7 Å². The van der Waals surface area contributed by atoms with Gasteiger partial charge >= 0.3 is 0 Å². The lowest BCUT2D eigenvalue weighted by molar-refractivity contribution is 0.187. The molecule has 4 unspecified atom stereocenters. The first-order valence-corrected chi connectivity index (χ1v) is 11.6. The summed E-state index contributed by atoms with van der Waals surface area (Å²) in [4.78, 5) is 2.21. The molecule has 1 N–H and O–H groups in total. The van der Waals surface area contributed by atoms with E-state index in [1.165, 1.54) is 17.5 Å². The molecule has 29 heavy (non-hydrogen) atoms. The molecule has 2 aromatic rings. The molecule has 0 radical (unpaired) electrons.